The van der Waals surface area contributed by atoms with Crippen molar-refractivity contribution in [2.45, 2.75) is 51.4 Å². The first kappa shape index (κ1) is 11.4. The molecule has 0 aromatic heterocycles. The van der Waals surface area contributed by atoms with E-state index in [0.29, 0.717) is 19.1 Å². The average Bonchev–Trinajstić information content (AvgIpc) is 2.52. The summed E-state index contributed by atoms with van der Waals surface area (Å²) < 4.78 is 0. The van der Waals surface area contributed by atoms with Crippen molar-refractivity contribution in [1.82, 2.24) is 4.90 Å². The molecule has 5 unspecified atom stereocenters. The van der Waals surface area contributed by atoms with Gasteiger partial charge in [0.05, 0.1) is 12.2 Å². The number of nitrogens with zero attached hydrogens (tertiary/aromatic N) is 1. The van der Waals surface area contributed by atoms with Crippen molar-refractivity contribution in [2.75, 3.05) is 13.1 Å². The number of aliphatic hydroxyl groups excluding tert-OH is 2. The summed E-state index contributed by atoms with van der Waals surface area (Å²) in [5.74, 6) is 1.61. The Kier molecular flexibility index (Phi) is 3.33. The van der Waals surface area contributed by atoms with Gasteiger partial charge in [-0.1, -0.05) is 13.8 Å². The van der Waals surface area contributed by atoms with Gasteiger partial charge in [0.25, 0.3) is 0 Å². The van der Waals surface area contributed by atoms with E-state index in [4.69, 9.17) is 0 Å². The van der Waals surface area contributed by atoms with Crippen LogP contribution < -0.4 is 0 Å². The smallest absolute Gasteiger partial charge is 0.0938 e. The third kappa shape index (κ3) is 2.35. The highest BCUT2D eigenvalue weighted by Crippen LogP contribution is 2.33. The van der Waals surface area contributed by atoms with Gasteiger partial charge in [-0.2, -0.15) is 0 Å². The van der Waals surface area contributed by atoms with E-state index >= 15 is 0 Å². The lowest BCUT2D eigenvalue weighted by molar-refractivity contribution is 0.0572. The second-order valence-electron chi connectivity index (χ2n) is 5.51. The molecule has 3 heteroatoms. The van der Waals surface area contributed by atoms with Crippen molar-refractivity contribution in [1.29, 1.82) is 0 Å². The number of β-amino-alcohol motifs (C(OH)–C–C–N with tert-alkyl or cyclic N) is 2. The summed E-state index contributed by atoms with van der Waals surface area (Å²) >= 11 is 0. The van der Waals surface area contributed by atoms with E-state index in [2.05, 4.69) is 18.7 Å². The van der Waals surface area contributed by atoms with Crippen LogP contribution in [0.3, 0.4) is 0 Å². The molecule has 1 saturated heterocycles. The third-order valence-corrected chi connectivity index (χ3v) is 4.37. The van der Waals surface area contributed by atoms with Gasteiger partial charge < -0.3 is 10.2 Å². The Morgan fingerprint density at radius 2 is 1.53 bits per heavy atom. The summed E-state index contributed by atoms with van der Waals surface area (Å²) in [6.45, 7) is 5.97. The minimum absolute atomic E-state index is 0.528. The lowest BCUT2D eigenvalue weighted by Crippen LogP contribution is -2.39. The zero-order valence-corrected chi connectivity index (χ0v) is 9.76. The Hall–Kier alpha value is -0.120. The predicted octanol–water partition coefficient (Wildman–Crippen LogP) is 0.848. The van der Waals surface area contributed by atoms with Crippen molar-refractivity contribution in [2.24, 2.45) is 11.8 Å². The Balaban J connectivity index is 1.90. The zero-order valence-electron chi connectivity index (χ0n) is 9.76. The summed E-state index contributed by atoms with van der Waals surface area (Å²) in [5.41, 5.74) is 0. The van der Waals surface area contributed by atoms with Gasteiger partial charge in [-0.05, 0) is 31.1 Å². The number of rotatable bonds is 1. The molecule has 0 radical (unpaired) electrons. The number of hydrogen-bond donors (Lipinski definition) is 2. The molecule has 2 fully saturated rings. The quantitative estimate of drug-likeness (QED) is 0.678. The molecule has 5 atom stereocenters. The molecule has 2 N–H and O–H groups in total. The topological polar surface area (TPSA) is 43.7 Å². The van der Waals surface area contributed by atoms with Crippen LogP contribution >= 0.6 is 0 Å². The molecule has 88 valence electrons. The van der Waals surface area contributed by atoms with E-state index in [1.54, 1.807) is 0 Å². The molecular formula is C12H23NO2. The first-order valence-corrected chi connectivity index (χ1v) is 6.18. The van der Waals surface area contributed by atoms with Gasteiger partial charge in [-0.15, -0.1) is 0 Å². The van der Waals surface area contributed by atoms with E-state index in [0.717, 1.165) is 11.8 Å². The molecule has 2 aliphatic rings. The molecule has 1 aliphatic carbocycles. The first-order chi connectivity index (χ1) is 7.08. The third-order valence-electron chi connectivity index (χ3n) is 4.37. The highest BCUT2D eigenvalue weighted by molar-refractivity contribution is 4.90. The number of hydrogen-bond acceptors (Lipinski definition) is 3. The van der Waals surface area contributed by atoms with Gasteiger partial charge in [0.1, 0.15) is 0 Å². The second-order valence-corrected chi connectivity index (χ2v) is 5.51. The standard InChI is InChI=1S/C12H23NO2/c1-8-3-4-10(5-9(8)2)13-6-11(14)12(15)7-13/h8-12,14-15H,3-7H2,1-2H3. The van der Waals surface area contributed by atoms with Crippen molar-refractivity contribution >= 4 is 0 Å². The minimum atomic E-state index is -0.528. The summed E-state index contributed by atoms with van der Waals surface area (Å²) in [6, 6.07) is 0.586. The van der Waals surface area contributed by atoms with Crippen LogP contribution in [0.1, 0.15) is 33.1 Å². The van der Waals surface area contributed by atoms with Gasteiger partial charge >= 0.3 is 0 Å². The molecule has 15 heavy (non-hydrogen) atoms. The summed E-state index contributed by atoms with van der Waals surface area (Å²) in [7, 11) is 0. The molecule has 1 saturated carbocycles. The predicted molar refractivity (Wildman–Crippen MR) is 59.6 cm³/mol. The molecule has 0 bridgehead atoms. The van der Waals surface area contributed by atoms with Crippen LogP contribution in [0.15, 0.2) is 0 Å². The monoisotopic (exact) mass is 213 g/mol. The highest BCUT2D eigenvalue weighted by Gasteiger charge is 2.36. The second kappa shape index (κ2) is 4.40. The van der Waals surface area contributed by atoms with E-state index in [9.17, 15) is 10.2 Å². The zero-order chi connectivity index (χ0) is 11.0. The largest absolute Gasteiger partial charge is 0.389 e. The number of likely N-dealkylation sites (tertiary alicyclic amines) is 1. The van der Waals surface area contributed by atoms with Crippen LogP contribution in [0.5, 0.6) is 0 Å². The Morgan fingerprint density at radius 3 is 2.07 bits per heavy atom. The minimum Gasteiger partial charge on any atom is -0.389 e. The maximum atomic E-state index is 9.52. The Morgan fingerprint density at radius 1 is 0.933 bits per heavy atom. The molecule has 1 heterocycles. The fraction of sp³-hybridized carbons (Fsp3) is 1.00. The first-order valence-electron chi connectivity index (χ1n) is 6.18. The Labute approximate surface area is 92.1 Å². The van der Waals surface area contributed by atoms with Crippen molar-refractivity contribution < 1.29 is 10.2 Å². The number of aliphatic hydroxyl groups is 2. The van der Waals surface area contributed by atoms with Crippen LogP contribution in [-0.4, -0.2) is 46.5 Å². The van der Waals surface area contributed by atoms with Crippen LogP contribution in [0.2, 0.25) is 0 Å². The van der Waals surface area contributed by atoms with Gasteiger partial charge in [0.2, 0.25) is 0 Å². The molecule has 0 aromatic rings. The molecule has 1 aliphatic heterocycles. The van der Waals surface area contributed by atoms with Crippen LogP contribution in [0.4, 0.5) is 0 Å². The lowest BCUT2D eigenvalue weighted by atomic mass is 9.78. The SMILES string of the molecule is CC1CCC(N2CC(O)C(O)C2)CC1C. The molecule has 3 nitrogen and oxygen atoms in total. The lowest BCUT2D eigenvalue weighted by Gasteiger charge is -2.37. The fourth-order valence-corrected chi connectivity index (χ4v) is 2.95. The average molecular weight is 213 g/mol. The van der Waals surface area contributed by atoms with E-state index in [-0.39, 0.29) is 0 Å². The molecule has 2 rings (SSSR count). The van der Waals surface area contributed by atoms with Crippen LogP contribution in [-0.2, 0) is 0 Å². The van der Waals surface area contributed by atoms with Gasteiger partial charge in [0, 0.05) is 19.1 Å². The normalized spacial score (nSPS) is 48.4. The Bertz CT molecular complexity index is 212. The summed E-state index contributed by atoms with van der Waals surface area (Å²) in [5, 5.41) is 19.0. The van der Waals surface area contributed by atoms with E-state index in [1.807, 2.05) is 0 Å². The van der Waals surface area contributed by atoms with Gasteiger partial charge in [0.15, 0.2) is 0 Å². The van der Waals surface area contributed by atoms with Crippen molar-refractivity contribution in [3.05, 3.63) is 0 Å². The van der Waals surface area contributed by atoms with Gasteiger partial charge in [-0.3, -0.25) is 4.90 Å². The van der Waals surface area contributed by atoms with Crippen molar-refractivity contribution in [3.8, 4) is 0 Å². The fourth-order valence-electron chi connectivity index (χ4n) is 2.95. The molecule has 0 aromatic carbocycles. The van der Waals surface area contributed by atoms with E-state index < -0.39 is 12.2 Å². The highest BCUT2D eigenvalue weighted by atomic mass is 16.3. The van der Waals surface area contributed by atoms with E-state index in [1.165, 1.54) is 19.3 Å². The summed E-state index contributed by atoms with van der Waals surface area (Å²) in [6.07, 6.45) is 2.68. The van der Waals surface area contributed by atoms with Crippen LogP contribution in [0, 0.1) is 11.8 Å². The molecule has 0 amide bonds. The molecule has 0 spiro atoms. The maximum absolute atomic E-state index is 9.52. The van der Waals surface area contributed by atoms with Gasteiger partial charge in [-0.25, -0.2) is 0 Å². The summed E-state index contributed by atoms with van der Waals surface area (Å²) in [4.78, 5) is 2.28. The van der Waals surface area contributed by atoms with Crippen molar-refractivity contribution in [3.63, 3.8) is 0 Å². The maximum Gasteiger partial charge on any atom is 0.0938 e. The van der Waals surface area contributed by atoms with Crippen LogP contribution in [0.25, 0.3) is 0 Å². The molecular weight excluding hydrogens is 190 g/mol.